The number of hydrogen-bond acceptors (Lipinski definition) is 3. The van der Waals surface area contributed by atoms with Crippen molar-refractivity contribution in [2.45, 2.75) is 26.7 Å². The van der Waals surface area contributed by atoms with E-state index in [-0.39, 0.29) is 0 Å². The van der Waals surface area contributed by atoms with Crippen LogP contribution in [-0.4, -0.2) is 17.1 Å². The Labute approximate surface area is 118 Å². The number of hydrogen-bond donors (Lipinski definition) is 0. The van der Waals surface area contributed by atoms with Gasteiger partial charge in [-0.15, -0.1) is 0 Å². The number of halogens is 1. The Morgan fingerprint density at radius 2 is 2.05 bits per heavy atom. The van der Waals surface area contributed by atoms with Crippen LogP contribution in [0.2, 0.25) is 5.15 Å². The van der Waals surface area contributed by atoms with Crippen molar-refractivity contribution < 1.29 is 4.74 Å². The first kappa shape index (κ1) is 13.8. The summed E-state index contributed by atoms with van der Waals surface area (Å²) in [6.45, 7) is 4.03. The van der Waals surface area contributed by atoms with Crippen LogP contribution in [0.3, 0.4) is 0 Å². The van der Waals surface area contributed by atoms with E-state index in [0.29, 0.717) is 11.6 Å². The summed E-state index contributed by atoms with van der Waals surface area (Å²) in [6.07, 6.45) is 1.52. The van der Waals surface area contributed by atoms with Gasteiger partial charge in [-0.2, -0.15) is 0 Å². The van der Waals surface area contributed by atoms with Crippen LogP contribution in [0.1, 0.15) is 29.6 Å². The van der Waals surface area contributed by atoms with Crippen LogP contribution < -0.4 is 4.74 Å². The van der Waals surface area contributed by atoms with Crippen molar-refractivity contribution >= 4 is 11.6 Å². The monoisotopic (exact) mass is 276 g/mol. The maximum atomic E-state index is 6.15. The maximum absolute atomic E-state index is 6.15. The molecule has 0 radical (unpaired) electrons. The van der Waals surface area contributed by atoms with E-state index in [4.69, 9.17) is 16.3 Å². The van der Waals surface area contributed by atoms with Gasteiger partial charge in [0.05, 0.1) is 7.11 Å². The van der Waals surface area contributed by atoms with Crippen molar-refractivity contribution in [3.63, 3.8) is 0 Å². The van der Waals surface area contributed by atoms with Crippen molar-refractivity contribution in [1.82, 2.24) is 9.97 Å². The average Bonchev–Trinajstić information content (AvgIpc) is 2.43. The summed E-state index contributed by atoms with van der Waals surface area (Å²) >= 11 is 6.15. The Kier molecular flexibility index (Phi) is 4.38. The zero-order chi connectivity index (χ0) is 13.8. The fraction of sp³-hybridized carbons (Fsp3) is 0.333. The molecule has 0 N–H and O–H groups in total. The Morgan fingerprint density at radius 1 is 1.26 bits per heavy atom. The van der Waals surface area contributed by atoms with Crippen molar-refractivity contribution in [3.8, 4) is 5.75 Å². The lowest BCUT2D eigenvalue weighted by Gasteiger charge is -2.08. The molecule has 0 bridgehead atoms. The second kappa shape index (κ2) is 6.02. The maximum Gasteiger partial charge on any atom is 0.135 e. The van der Waals surface area contributed by atoms with Crippen LogP contribution in [0.15, 0.2) is 24.3 Å². The van der Waals surface area contributed by atoms with Gasteiger partial charge in [-0.05, 0) is 31.0 Å². The summed E-state index contributed by atoms with van der Waals surface area (Å²) in [5.41, 5.74) is 3.10. The highest BCUT2D eigenvalue weighted by Gasteiger charge is 2.08. The van der Waals surface area contributed by atoms with E-state index in [2.05, 4.69) is 16.9 Å². The Morgan fingerprint density at radius 3 is 2.74 bits per heavy atom. The van der Waals surface area contributed by atoms with Crippen LogP contribution >= 0.6 is 11.6 Å². The van der Waals surface area contributed by atoms with E-state index in [1.807, 2.05) is 31.2 Å². The van der Waals surface area contributed by atoms with E-state index in [9.17, 15) is 0 Å². The van der Waals surface area contributed by atoms with Gasteiger partial charge < -0.3 is 4.74 Å². The lowest BCUT2D eigenvalue weighted by atomic mass is 10.1. The third-order valence-electron chi connectivity index (χ3n) is 3.06. The predicted octanol–water partition coefficient (Wildman–Crippen LogP) is 3.60. The average molecular weight is 277 g/mol. The molecule has 3 nitrogen and oxygen atoms in total. The number of benzene rings is 1. The Bertz CT molecular complexity index is 584. The molecule has 19 heavy (non-hydrogen) atoms. The Balaban J connectivity index is 2.30. The molecule has 0 unspecified atom stereocenters. The molecule has 0 amide bonds. The molecule has 0 fully saturated rings. The fourth-order valence-electron chi connectivity index (χ4n) is 1.97. The molecule has 0 aliphatic heterocycles. The largest absolute Gasteiger partial charge is 0.497 e. The molecule has 2 aromatic rings. The zero-order valence-electron chi connectivity index (χ0n) is 11.4. The minimum absolute atomic E-state index is 0.546. The molecule has 0 aliphatic rings. The predicted molar refractivity (Wildman–Crippen MR) is 77.0 cm³/mol. The molecule has 0 saturated heterocycles. The number of aryl methyl sites for hydroxylation is 1. The second-order valence-electron chi connectivity index (χ2n) is 4.38. The first-order valence-corrected chi connectivity index (χ1v) is 6.66. The molecule has 1 aromatic heterocycles. The van der Waals surface area contributed by atoms with Crippen LogP contribution in [0, 0.1) is 6.92 Å². The highest BCUT2D eigenvalue weighted by molar-refractivity contribution is 6.30. The summed E-state index contributed by atoms with van der Waals surface area (Å²) in [5, 5.41) is 0.546. The van der Waals surface area contributed by atoms with Gasteiger partial charge in [0.15, 0.2) is 0 Å². The fourth-order valence-corrected chi connectivity index (χ4v) is 2.18. The number of ether oxygens (including phenoxy) is 1. The highest BCUT2D eigenvalue weighted by atomic mass is 35.5. The summed E-state index contributed by atoms with van der Waals surface area (Å²) in [7, 11) is 1.66. The van der Waals surface area contributed by atoms with Crippen molar-refractivity contribution in [3.05, 3.63) is 52.1 Å². The van der Waals surface area contributed by atoms with Crippen LogP contribution in [-0.2, 0) is 12.8 Å². The standard InChI is InChI=1S/C15H17ClN2O/c1-4-13-10(2)15(16)18-14(17-13)9-11-6-5-7-12(8-11)19-3/h5-8H,4,9H2,1-3H3. The van der Waals surface area contributed by atoms with E-state index >= 15 is 0 Å². The van der Waals surface area contributed by atoms with Crippen molar-refractivity contribution in [1.29, 1.82) is 0 Å². The number of rotatable bonds is 4. The third-order valence-corrected chi connectivity index (χ3v) is 3.43. The van der Waals surface area contributed by atoms with Gasteiger partial charge >= 0.3 is 0 Å². The van der Waals surface area contributed by atoms with Gasteiger partial charge in [0.25, 0.3) is 0 Å². The summed E-state index contributed by atoms with van der Waals surface area (Å²) < 4.78 is 5.21. The molecule has 1 heterocycles. The Hall–Kier alpha value is -1.61. The minimum atomic E-state index is 0.546. The number of methoxy groups -OCH3 is 1. The van der Waals surface area contributed by atoms with Crippen LogP contribution in [0.25, 0.3) is 0 Å². The number of aromatic nitrogens is 2. The molecule has 100 valence electrons. The molecule has 2 rings (SSSR count). The molecule has 0 spiro atoms. The molecular weight excluding hydrogens is 260 g/mol. The lowest BCUT2D eigenvalue weighted by molar-refractivity contribution is 0.414. The normalized spacial score (nSPS) is 10.5. The van der Waals surface area contributed by atoms with Crippen LogP contribution in [0.5, 0.6) is 5.75 Å². The molecule has 4 heteroatoms. The molecule has 0 saturated carbocycles. The summed E-state index contributed by atoms with van der Waals surface area (Å²) in [5.74, 6) is 1.59. The third kappa shape index (κ3) is 3.24. The van der Waals surface area contributed by atoms with Gasteiger partial charge in [-0.1, -0.05) is 30.7 Å². The number of nitrogens with zero attached hydrogens (tertiary/aromatic N) is 2. The topological polar surface area (TPSA) is 35.0 Å². The molecular formula is C15H17ClN2O. The smallest absolute Gasteiger partial charge is 0.135 e. The molecule has 0 atom stereocenters. The van der Waals surface area contributed by atoms with Gasteiger partial charge in [0.1, 0.15) is 16.7 Å². The summed E-state index contributed by atoms with van der Waals surface area (Å²) in [6, 6.07) is 7.91. The van der Waals surface area contributed by atoms with E-state index in [1.165, 1.54) is 0 Å². The highest BCUT2D eigenvalue weighted by Crippen LogP contribution is 2.19. The van der Waals surface area contributed by atoms with Crippen molar-refractivity contribution in [2.75, 3.05) is 7.11 Å². The van der Waals surface area contributed by atoms with E-state index in [1.54, 1.807) is 7.11 Å². The van der Waals surface area contributed by atoms with Gasteiger partial charge in [-0.3, -0.25) is 0 Å². The van der Waals surface area contributed by atoms with Gasteiger partial charge in [0.2, 0.25) is 0 Å². The van der Waals surface area contributed by atoms with Gasteiger partial charge in [0, 0.05) is 17.7 Å². The quantitative estimate of drug-likeness (QED) is 0.801. The molecule has 0 aliphatic carbocycles. The SMILES string of the molecule is CCc1nc(Cc2cccc(OC)c2)nc(Cl)c1C. The van der Waals surface area contributed by atoms with E-state index in [0.717, 1.165) is 34.8 Å². The van der Waals surface area contributed by atoms with Crippen LogP contribution in [0.4, 0.5) is 0 Å². The zero-order valence-corrected chi connectivity index (χ0v) is 12.2. The summed E-state index contributed by atoms with van der Waals surface area (Å²) in [4.78, 5) is 8.91. The minimum Gasteiger partial charge on any atom is -0.497 e. The van der Waals surface area contributed by atoms with E-state index < -0.39 is 0 Å². The van der Waals surface area contributed by atoms with Gasteiger partial charge in [-0.25, -0.2) is 9.97 Å². The second-order valence-corrected chi connectivity index (χ2v) is 4.74. The first-order chi connectivity index (χ1) is 9.13. The first-order valence-electron chi connectivity index (χ1n) is 6.28. The lowest BCUT2D eigenvalue weighted by Crippen LogP contribution is -2.03. The molecule has 1 aromatic carbocycles. The van der Waals surface area contributed by atoms with Crippen molar-refractivity contribution in [2.24, 2.45) is 0 Å².